The number of carbonyl (C=O) groups excluding carboxylic acids is 1. The quantitative estimate of drug-likeness (QED) is 0.672. The van der Waals surface area contributed by atoms with Crippen LogP contribution < -0.4 is 14.4 Å². The molecular formula is C23H22N2O4S. The van der Waals surface area contributed by atoms with Gasteiger partial charge in [-0.15, -0.1) is 0 Å². The van der Waals surface area contributed by atoms with Gasteiger partial charge in [0.25, 0.3) is 15.9 Å². The summed E-state index contributed by atoms with van der Waals surface area (Å²) in [6.07, 6.45) is 0.589. The molecule has 30 heavy (non-hydrogen) atoms. The number of anilines is 2. The number of fused-ring (bicyclic) bond motifs is 1. The van der Waals surface area contributed by atoms with Gasteiger partial charge in [0.05, 0.1) is 17.7 Å². The molecule has 6 nitrogen and oxygen atoms in total. The summed E-state index contributed by atoms with van der Waals surface area (Å²) in [4.78, 5) is 14.9. The van der Waals surface area contributed by atoms with Crippen LogP contribution in [0.25, 0.3) is 0 Å². The Morgan fingerprint density at radius 2 is 1.73 bits per heavy atom. The number of hydrogen-bond donors (Lipinski definition) is 1. The SMILES string of the molecule is COc1ccccc1NS(=O)(=O)c1ccc2c(c1)C[C@H](C)N2C(=O)c1ccccc1. The van der Waals surface area contributed by atoms with Crippen molar-refractivity contribution in [2.45, 2.75) is 24.3 Å². The molecule has 0 saturated heterocycles. The molecule has 0 bridgehead atoms. The van der Waals surface area contributed by atoms with Gasteiger partial charge in [-0.3, -0.25) is 9.52 Å². The lowest BCUT2D eigenvalue weighted by Gasteiger charge is -2.23. The Morgan fingerprint density at radius 1 is 1.03 bits per heavy atom. The summed E-state index contributed by atoms with van der Waals surface area (Å²) in [5, 5.41) is 0. The molecular weight excluding hydrogens is 400 g/mol. The number of rotatable bonds is 5. The molecule has 1 aliphatic heterocycles. The van der Waals surface area contributed by atoms with Crippen LogP contribution in [0.1, 0.15) is 22.8 Å². The summed E-state index contributed by atoms with van der Waals surface area (Å²) in [6, 6.07) is 20.7. The highest BCUT2D eigenvalue weighted by atomic mass is 32.2. The molecule has 0 aromatic heterocycles. The largest absolute Gasteiger partial charge is 0.495 e. The molecule has 0 radical (unpaired) electrons. The highest BCUT2D eigenvalue weighted by Crippen LogP contribution is 2.35. The molecule has 7 heteroatoms. The predicted octanol–water partition coefficient (Wildman–Crippen LogP) is 4.09. The lowest BCUT2D eigenvalue weighted by molar-refractivity contribution is 0.0981. The third kappa shape index (κ3) is 3.64. The molecule has 1 amide bonds. The zero-order valence-electron chi connectivity index (χ0n) is 16.7. The molecule has 1 atom stereocenters. The maximum Gasteiger partial charge on any atom is 0.262 e. The van der Waals surface area contributed by atoms with E-state index in [-0.39, 0.29) is 16.8 Å². The molecule has 0 spiro atoms. The van der Waals surface area contributed by atoms with Crippen LogP contribution in [0, 0.1) is 0 Å². The van der Waals surface area contributed by atoms with Crippen molar-refractivity contribution >= 4 is 27.3 Å². The molecule has 0 fully saturated rings. The molecule has 1 aliphatic rings. The number of carbonyl (C=O) groups is 1. The lowest BCUT2D eigenvalue weighted by Crippen LogP contribution is -2.35. The molecule has 0 saturated carbocycles. The summed E-state index contributed by atoms with van der Waals surface area (Å²) in [5.74, 6) is 0.347. The predicted molar refractivity (Wildman–Crippen MR) is 117 cm³/mol. The Hall–Kier alpha value is -3.32. The summed E-state index contributed by atoms with van der Waals surface area (Å²) in [7, 11) is -2.32. The van der Waals surface area contributed by atoms with Crippen molar-refractivity contribution in [3.8, 4) is 5.75 Å². The first-order valence-electron chi connectivity index (χ1n) is 9.58. The number of sulfonamides is 1. The molecule has 3 aromatic carbocycles. The number of amides is 1. The van der Waals surface area contributed by atoms with Crippen LogP contribution in [-0.2, 0) is 16.4 Å². The molecule has 1 N–H and O–H groups in total. The number of para-hydroxylation sites is 2. The van der Waals surface area contributed by atoms with Gasteiger partial charge >= 0.3 is 0 Å². The molecule has 3 aromatic rings. The van der Waals surface area contributed by atoms with E-state index in [4.69, 9.17) is 4.74 Å². The summed E-state index contributed by atoms with van der Waals surface area (Å²) >= 11 is 0. The van der Waals surface area contributed by atoms with E-state index in [0.29, 0.717) is 23.4 Å². The van der Waals surface area contributed by atoms with Gasteiger partial charge in [0.1, 0.15) is 5.75 Å². The van der Waals surface area contributed by atoms with Crippen LogP contribution in [0.5, 0.6) is 5.75 Å². The molecule has 0 aliphatic carbocycles. The third-order valence-corrected chi connectivity index (χ3v) is 6.53. The van der Waals surface area contributed by atoms with Crippen LogP contribution in [0.4, 0.5) is 11.4 Å². The van der Waals surface area contributed by atoms with Crippen molar-refractivity contribution < 1.29 is 17.9 Å². The van der Waals surface area contributed by atoms with E-state index < -0.39 is 10.0 Å². The number of nitrogens with one attached hydrogen (secondary N) is 1. The van der Waals surface area contributed by atoms with Crippen molar-refractivity contribution in [2.75, 3.05) is 16.7 Å². The van der Waals surface area contributed by atoms with Crippen LogP contribution in [0.2, 0.25) is 0 Å². The minimum Gasteiger partial charge on any atom is -0.495 e. The fourth-order valence-electron chi connectivity index (χ4n) is 3.74. The standard InChI is InChI=1S/C23H22N2O4S/c1-16-14-18-15-19(30(27,28)24-20-10-6-7-11-22(20)29-2)12-13-21(18)25(16)23(26)17-8-4-3-5-9-17/h3-13,15-16,24H,14H2,1-2H3/t16-/m0/s1. The summed E-state index contributed by atoms with van der Waals surface area (Å²) in [5.41, 5.74) is 2.55. The van der Waals surface area contributed by atoms with E-state index in [2.05, 4.69) is 4.72 Å². The Kier molecular flexibility index (Phi) is 5.22. The van der Waals surface area contributed by atoms with E-state index >= 15 is 0 Å². The van der Waals surface area contributed by atoms with Crippen LogP contribution in [0.15, 0.2) is 77.7 Å². The molecule has 154 valence electrons. The van der Waals surface area contributed by atoms with E-state index in [1.165, 1.54) is 13.2 Å². The smallest absolute Gasteiger partial charge is 0.262 e. The number of methoxy groups -OCH3 is 1. The second kappa shape index (κ2) is 7.84. The van der Waals surface area contributed by atoms with Gasteiger partial charge in [-0.05, 0) is 61.4 Å². The van der Waals surface area contributed by atoms with Crippen LogP contribution >= 0.6 is 0 Å². The van der Waals surface area contributed by atoms with Crippen molar-refractivity contribution in [3.05, 3.63) is 83.9 Å². The topological polar surface area (TPSA) is 75.7 Å². The van der Waals surface area contributed by atoms with Gasteiger partial charge < -0.3 is 9.64 Å². The molecule has 4 rings (SSSR count). The zero-order valence-corrected chi connectivity index (χ0v) is 17.5. The average molecular weight is 423 g/mol. The van der Waals surface area contributed by atoms with Gasteiger partial charge in [-0.25, -0.2) is 8.42 Å². The Labute approximate surface area is 176 Å². The number of benzene rings is 3. The second-order valence-corrected chi connectivity index (χ2v) is 8.87. The first-order chi connectivity index (χ1) is 14.4. The first-order valence-corrected chi connectivity index (χ1v) is 11.1. The maximum atomic E-state index is 13.0. The van der Waals surface area contributed by atoms with E-state index in [1.807, 2.05) is 25.1 Å². The third-order valence-electron chi connectivity index (χ3n) is 5.17. The van der Waals surface area contributed by atoms with Crippen molar-refractivity contribution in [3.63, 3.8) is 0 Å². The highest BCUT2D eigenvalue weighted by Gasteiger charge is 2.32. The van der Waals surface area contributed by atoms with Crippen molar-refractivity contribution in [1.29, 1.82) is 0 Å². The van der Waals surface area contributed by atoms with E-state index in [0.717, 1.165) is 11.3 Å². The number of hydrogen-bond acceptors (Lipinski definition) is 4. The normalized spacial score (nSPS) is 15.5. The first kappa shape index (κ1) is 20.0. The second-order valence-electron chi connectivity index (χ2n) is 7.19. The summed E-state index contributed by atoms with van der Waals surface area (Å²) < 4.78 is 33.7. The number of ether oxygens (including phenoxy) is 1. The van der Waals surface area contributed by atoms with Crippen molar-refractivity contribution in [2.24, 2.45) is 0 Å². The van der Waals surface area contributed by atoms with E-state index in [1.54, 1.807) is 53.4 Å². The minimum absolute atomic E-state index is 0.0622. The monoisotopic (exact) mass is 422 g/mol. The van der Waals surface area contributed by atoms with Crippen LogP contribution in [-0.4, -0.2) is 27.5 Å². The minimum atomic E-state index is -3.81. The van der Waals surface area contributed by atoms with E-state index in [9.17, 15) is 13.2 Å². The lowest BCUT2D eigenvalue weighted by atomic mass is 10.1. The molecule has 1 heterocycles. The molecule has 0 unspecified atom stereocenters. The summed E-state index contributed by atoms with van der Waals surface area (Å²) in [6.45, 7) is 1.96. The van der Waals surface area contributed by atoms with Crippen LogP contribution in [0.3, 0.4) is 0 Å². The fourth-order valence-corrected chi connectivity index (χ4v) is 4.86. The fraction of sp³-hybridized carbons (Fsp3) is 0.174. The van der Waals surface area contributed by atoms with Crippen molar-refractivity contribution in [1.82, 2.24) is 0 Å². The highest BCUT2D eigenvalue weighted by molar-refractivity contribution is 7.92. The Balaban J connectivity index is 1.65. The van der Waals surface area contributed by atoms with Gasteiger partial charge in [0.2, 0.25) is 0 Å². The van der Waals surface area contributed by atoms with Gasteiger partial charge in [-0.2, -0.15) is 0 Å². The maximum absolute atomic E-state index is 13.0. The Morgan fingerprint density at radius 3 is 2.47 bits per heavy atom. The Bertz CT molecular complexity index is 1190. The average Bonchev–Trinajstić information content (AvgIpc) is 3.09. The van der Waals surface area contributed by atoms with Gasteiger partial charge in [0, 0.05) is 17.3 Å². The van der Waals surface area contributed by atoms with Gasteiger partial charge in [-0.1, -0.05) is 30.3 Å². The number of nitrogens with zero attached hydrogens (tertiary/aromatic N) is 1. The zero-order chi connectivity index (χ0) is 21.3. The van der Waals surface area contributed by atoms with Gasteiger partial charge in [0.15, 0.2) is 0 Å².